The molecule has 1 aromatic rings. The number of hydrogen-bond acceptors (Lipinski definition) is 4. The van der Waals surface area contributed by atoms with Crippen molar-refractivity contribution in [1.82, 2.24) is 15.3 Å². The number of nitrogens with zero attached hydrogens (tertiary/aromatic N) is 3. The van der Waals surface area contributed by atoms with Gasteiger partial charge in [-0.15, -0.1) is 0 Å². The normalized spacial score (nSPS) is 21.0. The molecule has 0 aromatic carbocycles. The van der Waals surface area contributed by atoms with Crippen LogP contribution >= 0.6 is 0 Å². The van der Waals surface area contributed by atoms with Crippen LogP contribution in [0.5, 0.6) is 0 Å². The molecule has 2 heterocycles. The minimum absolute atomic E-state index is 0.276. The van der Waals surface area contributed by atoms with Gasteiger partial charge in [-0.2, -0.15) is 0 Å². The van der Waals surface area contributed by atoms with Gasteiger partial charge in [0.25, 0.3) is 0 Å². The van der Waals surface area contributed by atoms with Crippen LogP contribution in [-0.2, 0) is 0 Å². The lowest BCUT2D eigenvalue weighted by atomic mass is 9.91. The van der Waals surface area contributed by atoms with E-state index in [9.17, 15) is 4.39 Å². The Labute approximate surface area is 120 Å². The maximum atomic E-state index is 14.1. The predicted octanol–water partition coefficient (Wildman–Crippen LogP) is 2.53. The fourth-order valence-corrected chi connectivity index (χ4v) is 2.81. The number of halogens is 1. The van der Waals surface area contributed by atoms with E-state index in [2.05, 4.69) is 34.0 Å². The molecular formula is C15H25FN4. The molecule has 1 saturated heterocycles. The van der Waals surface area contributed by atoms with Crippen LogP contribution in [0.3, 0.4) is 0 Å². The van der Waals surface area contributed by atoms with Crippen molar-refractivity contribution in [1.29, 1.82) is 0 Å². The van der Waals surface area contributed by atoms with Gasteiger partial charge < -0.3 is 10.2 Å². The van der Waals surface area contributed by atoms with Crippen molar-refractivity contribution in [2.24, 2.45) is 5.92 Å². The fourth-order valence-electron chi connectivity index (χ4n) is 2.81. The van der Waals surface area contributed by atoms with Gasteiger partial charge in [0, 0.05) is 19.1 Å². The average molecular weight is 280 g/mol. The largest absolute Gasteiger partial charge is 0.354 e. The van der Waals surface area contributed by atoms with Gasteiger partial charge in [-0.1, -0.05) is 6.92 Å². The summed E-state index contributed by atoms with van der Waals surface area (Å²) in [4.78, 5) is 10.1. The summed E-state index contributed by atoms with van der Waals surface area (Å²) in [6.45, 7) is 8.87. The Kier molecular flexibility index (Phi) is 5.29. The van der Waals surface area contributed by atoms with Crippen LogP contribution in [0.1, 0.15) is 38.8 Å². The number of rotatable bonds is 5. The third kappa shape index (κ3) is 3.45. The number of nitrogens with one attached hydrogen (secondary N) is 1. The molecule has 0 amide bonds. The highest BCUT2D eigenvalue weighted by atomic mass is 19.1. The van der Waals surface area contributed by atoms with Crippen molar-refractivity contribution in [3.63, 3.8) is 0 Å². The van der Waals surface area contributed by atoms with Gasteiger partial charge in [-0.05, 0) is 45.6 Å². The highest BCUT2D eigenvalue weighted by Gasteiger charge is 2.26. The molecule has 1 N–H and O–H groups in total. The quantitative estimate of drug-likeness (QED) is 0.900. The Hall–Kier alpha value is -1.23. The molecule has 2 atom stereocenters. The molecule has 0 radical (unpaired) electrons. The third-order valence-corrected chi connectivity index (χ3v) is 4.13. The van der Waals surface area contributed by atoms with E-state index in [-0.39, 0.29) is 5.82 Å². The Morgan fingerprint density at radius 1 is 1.50 bits per heavy atom. The average Bonchev–Trinajstić information content (AvgIpc) is 2.47. The highest BCUT2D eigenvalue weighted by molar-refractivity contribution is 5.41. The monoisotopic (exact) mass is 280 g/mol. The first kappa shape index (κ1) is 15.2. The van der Waals surface area contributed by atoms with E-state index in [1.807, 2.05) is 0 Å². The molecule has 4 nitrogen and oxygen atoms in total. The lowest BCUT2D eigenvalue weighted by Gasteiger charge is -2.37. The van der Waals surface area contributed by atoms with Crippen LogP contribution < -0.4 is 10.2 Å². The Morgan fingerprint density at radius 3 is 3.05 bits per heavy atom. The Balaban J connectivity index is 2.04. The van der Waals surface area contributed by atoms with Gasteiger partial charge in [-0.3, -0.25) is 0 Å². The molecular weight excluding hydrogens is 255 g/mol. The molecule has 0 bridgehead atoms. The summed E-state index contributed by atoms with van der Waals surface area (Å²) in [6, 6.07) is 0.462. The van der Waals surface area contributed by atoms with Crippen molar-refractivity contribution in [3.05, 3.63) is 17.8 Å². The topological polar surface area (TPSA) is 41.0 Å². The molecule has 1 fully saturated rings. The van der Waals surface area contributed by atoms with E-state index in [0.717, 1.165) is 32.5 Å². The molecule has 2 unspecified atom stereocenters. The third-order valence-electron chi connectivity index (χ3n) is 4.13. The second-order valence-corrected chi connectivity index (χ2v) is 5.69. The summed E-state index contributed by atoms with van der Waals surface area (Å²) in [5, 5.41) is 3.55. The minimum atomic E-state index is -0.276. The molecule has 112 valence electrons. The van der Waals surface area contributed by atoms with Gasteiger partial charge in [0.2, 0.25) is 0 Å². The van der Waals surface area contributed by atoms with E-state index in [4.69, 9.17) is 0 Å². The fraction of sp³-hybridized carbons (Fsp3) is 0.733. The van der Waals surface area contributed by atoms with Crippen LogP contribution in [0, 0.1) is 18.7 Å². The smallest absolute Gasteiger partial charge is 0.186 e. The molecule has 1 aromatic heterocycles. The molecule has 0 aliphatic carbocycles. The van der Waals surface area contributed by atoms with Crippen LogP contribution in [0.2, 0.25) is 0 Å². The molecule has 1 aliphatic rings. The Morgan fingerprint density at radius 2 is 2.30 bits per heavy atom. The molecule has 1 aliphatic heterocycles. The maximum Gasteiger partial charge on any atom is 0.186 e. The highest BCUT2D eigenvalue weighted by Crippen LogP contribution is 2.26. The van der Waals surface area contributed by atoms with E-state index in [1.54, 1.807) is 6.92 Å². The van der Waals surface area contributed by atoms with Gasteiger partial charge >= 0.3 is 0 Å². The second-order valence-electron chi connectivity index (χ2n) is 5.69. The van der Waals surface area contributed by atoms with Crippen LogP contribution in [-0.4, -0.2) is 35.6 Å². The SMILES string of the molecule is CCCNC(C)C1CCCN(c2ncnc(C)c2F)C1. The summed E-state index contributed by atoms with van der Waals surface area (Å²) in [5.41, 5.74) is 0.425. The number of aryl methyl sites for hydroxylation is 1. The van der Waals surface area contributed by atoms with Crippen molar-refractivity contribution >= 4 is 5.82 Å². The lowest BCUT2D eigenvalue weighted by molar-refractivity contribution is 0.318. The van der Waals surface area contributed by atoms with Gasteiger partial charge in [-0.25, -0.2) is 14.4 Å². The van der Waals surface area contributed by atoms with E-state index < -0.39 is 0 Å². The number of anilines is 1. The number of piperidine rings is 1. The summed E-state index contributed by atoms with van der Waals surface area (Å²) >= 11 is 0. The molecule has 5 heteroatoms. The van der Waals surface area contributed by atoms with E-state index in [1.165, 1.54) is 12.7 Å². The van der Waals surface area contributed by atoms with Crippen molar-refractivity contribution in [2.45, 2.75) is 46.1 Å². The van der Waals surface area contributed by atoms with Crippen molar-refractivity contribution < 1.29 is 4.39 Å². The van der Waals surface area contributed by atoms with Crippen molar-refractivity contribution in [2.75, 3.05) is 24.5 Å². The minimum Gasteiger partial charge on any atom is -0.354 e. The number of hydrogen-bond donors (Lipinski definition) is 1. The maximum absolute atomic E-state index is 14.1. The zero-order chi connectivity index (χ0) is 14.5. The second kappa shape index (κ2) is 6.97. The molecule has 20 heavy (non-hydrogen) atoms. The summed E-state index contributed by atoms with van der Waals surface area (Å²) in [6.07, 6.45) is 4.88. The van der Waals surface area contributed by atoms with Crippen LogP contribution in [0.4, 0.5) is 10.2 Å². The summed E-state index contributed by atoms with van der Waals surface area (Å²) < 4.78 is 14.1. The lowest BCUT2D eigenvalue weighted by Crippen LogP contribution is -2.45. The standard InChI is InChI=1S/C15H25FN4/c1-4-7-17-11(2)13-6-5-8-20(9-13)15-14(16)12(3)18-10-19-15/h10-11,13,17H,4-9H2,1-3H3. The van der Waals surface area contributed by atoms with Crippen LogP contribution in [0.25, 0.3) is 0 Å². The van der Waals surface area contributed by atoms with Gasteiger partial charge in [0.05, 0.1) is 5.69 Å². The number of aromatic nitrogens is 2. The first-order valence-corrected chi connectivity index (χ1v) is 7.59. The molecule has 0 spiro atoms. The summed E-state index contributed by atoms with van der Waals surface area (Å²) in [5.74, 6) is 0.734. The predicted molar refractivity (Wildman–Crippen MR) is 79.4 cm³/mol. The van der Waals surface area contributed by atoms with Crippen LogP contribution in [0.15, 0.2) is 6.33 Å². The zero-order valence-electron chi connectivity index (χ0n) is 12.7. The molecule has 2 rings (SSSR count). The first-order valence-electron chi connectivity index (χ1n) is 7.59. The van der Waals surface area contributed by atoms with E-state index in [0.29, 0.717) is 23.5 Å². The Bertz CT molecular complexity index is 438. The van der Waals surface area contributed by atoms with E-state index >= 15 is 0 Å². The summed E-state index contributed by atoms with van der Waals surface area (Å²) in [7, 11) is 0. The van der Waals surface area contributed by atoms with Crippen molar-refractivity contribution in [3.8, 4) is 0 Å². The zero-order valence-corrected chi connectivity index (χ0v) is 12.7. The van der Waals surface area contributed by atoms with Gasteiger partial charge in [0.1, 0.15) is 6.33 Å². The molecule has 0 saturated carbocycles. The first-order chi connectivity index (χ1) is 9.63. The van der Waals surface area contributed by atoms with Gasteiger partial charge in [0.15, 0.2) is 11.6 Å².